The van der Waals surface area contributed by atoms with Crippen molar-refractivity contribution >= 4 is 39.9 Å². The molecule has 4 aromatic rings. The number of hydrogen-bond acceptors (Lipinski definition) is 7. The first-order chi connectivity index (χ1) is 16.3. The number of methoxy groups -OCH3 is 1. The van der Waals surface area contributed by atoms with Gasteiger partial charge in [0, 0.05) is 23.2 Å². The van der Waals surface area contributed by atoms with Crippen molar-refractivity contribution in [1.82, 2.24) is 24.6 Å². The SMILES string of the molecule is COC(=O)c1c(F)c(NC(C)C)c2[nH]ncc2c1-c1cn2cc(NC(=O)[C@@H]3C[C@@H]3F)nc2cn1. The molecular weight excluding hydrogens is 448 g/mol. The summed E-state index contributed by atoms with van der Waals surface area (Å²) < 4.78 is 35.3. The molecule has 3 heterocycles. The summed E-state index contributed by atoms with van der Waals surface area (Å²) in [5, 5.41) is 12.9. The number of alkyl halides is 1. The Morgan fingerprint density at radius 3 is 2.74 bits per heavy atom. The lowest BCUT2D eigenvalue weighted by Crippen LogP contribution is -2.16. The van der Waals surface area contributed by atoms with Crippen LogP contribution in [0.15, 0.2) is 24.8 Å². The van der Waals surface area contributed by atoms with Crippen molar-refractivity contribution in [2.24, 2.45) is 5.92 Å². The van der Waals surface area contributed by atoms with Crippen LogP contribution in [-0.4, -0.2) is 55.8 Å². The summed E-state index contributed by atoms with van der Waals surface area (Å²) in [6.07, 6.45) is 5.07. The highest BCUT2D eigenvalue weighted by Crippen LogP contribution is 2.39. The van der Waals surface area contributed by atoms with Crippen molar-refractivity contribution in [1.29, 1.82) is 0 Å². The zero-order valence-electron chi connectivity index (χ0n) is 18.5. The Morgan fingerprint density at radius 2 is 2.06 bits per heavy atom. The van der Waals surface area contributed by atoms with E-state index in [4.69, 9.17) is 4.74 Å². The van der Waals surface area contributed by atoms with Gasteiger partial charge in [0.05, 0.1) is 48.5 Å². The van der Waals surface area contributed by atoms with Gasteiger partial charge >= 0.3 is 5.97 Å². The molecular formula is C22H21F2N7O3. The molecule has 0 unspecified atom stereocenters. The lowest BCUT2D eigenvalue weighted by Gasteiger charge is -2.17. The van der Waals surface area contributed by atoms with Gasteiger partial charge in [0.1, 0.15) is 11.7 Å². The molecule has 0 bridgehead atoms. The van der Waals surface area contributed by atoms with Gasteiger partial charge in [-0.2, -0.15) is 5.10 Å². The van der Waals surface area contributed by atoms with Crippen LogP contribution in [0.1, 0.15) is 30.6 Å². The third-order valence-electron chi connectivity index (χ3n) is 5.57. The molecule has 5 rings (SSSR count). The molecule has 12 heteroatoms. The van der Waals surface area contributed by atoms with Crippen LogP contribution in [0.25, 0.3) is 27.8 Å². The van der Waals surface area contributed by atoms with Gasteiger partial charge in [0.15, 0.2) is 17.3 Å². The zero-order valence-corrected chi connectivity index (χ0v) is 18.5. The molecule has 1 aromatic carbocycles. The van der Waals surface area contributed by atoms with E-state index in [0.29, 0.717) is 16.6 Å². The highest BCUT2D eigenvalue weighted by molar-refractivity contribution is 6.11. The Bertz CT molecular complexity index is 1450. The Labute approximate surface area is 191 Å². The topological polar surface area (TPSA) is 126 Å². The van der Waals surface area contributed by atoms with Gasteiger partial charge < -0.3 is 19.8 Å². The number of fused-ring (bicyclic) bond motifs is 2. The average Bonchev–Trinajstić information content (AvgIpc) is 3.18. The van der Waals surface area contributed by atoms with Crippen LogP contribution in [0.5, 0.6) is 0 Å². The summed E-state index contributed by atoms with van der Waals surface area (Å²) in [5.74, 6) is -2.53. The molecule has 1 fully saturated rings. The maximum absolute atomic E-state index is 15.7. The van der Waals surface area contributed by atoms with E-state index in [1.807, 2.05) is 13.8 Å². The van der Waals surface area contributed by atoms with E-state index in [-0.39, 0.29) is 40.8 Å². The van der Waals surface area contributed by atoms with Crippen LogP contribution in [-0.2, 0) is 9.53 Å². The molecule has 10 nitrogen and oxygen atoms in total. The summed E-state index contributed by atoms with van der Waals surface area (Å²) in [6, 6.07) is -0.116. The molecule has 3 aromatic heterocycles. The summed E-state index contributed by atoms with van der Waals surface area (Å²) in [5.41, 5.74) is 1.04. The second-order valence-corrected chi connectivity index (χ2v) is 8.40. The summed E-state index contributed by atoms with van der Waals surface area (Å²) in [4.78, 5) is 33.4. The van der Waals surface area contributed by atoms with Crippen LogP contribution in [0.3, 0.4) is 0 Å². The fraction of sp³-hybridized carbons (Fsp3) is 0.318. The summed E-state index contributed by atoms with van der Waals surface area (Å²) in [6.45, 7) is 3.68. The largest absolute Gasteiger partial charge is 0.465 e. The number of nitrogens with one attached hydrogen (secondary N) is 3. The first-order valence-corrected chi connectivity index (χ1v) is 10.6. The number of imidazole rings is 1. The fourth-order valence-electron chi connectivity index (χ4n) is 3.87. The molecule has 1 aliphatic carbocycles. The number of benzene rings is 1. The first-order valence-electron chi connectivity index (χ1n) is 10.6. The van der Waals surface area contributed by atoms with E-state index in [2.05, 4.69) is 30.8 Å². The van der Waals surface area contributed by atoms with E-state index < -0.39 is 29.8 Å². The monoisotopic (exact) mass is 469 g/mol. The van der Waals surface area contributed by atoms with Crippen molar-refractivity contribution in [3.8, 4) is 11.3 Å². The predicted octanol–water partition coefficient (Wildman–Crippen LogP) is 3.32. The van der Waals surface area contributed by atoms with E-state index in [1.54, 1.807) is 10.6 Å². The maximum atomic E-state index is 15.7. The van der Waals surface area contributed by atoms with Crippen molar-refractivity contribution in [3.05, 3.63) is 36.2 Å². The molecule has 34 heavy (non-hydrogen) atoms. The maximum Gasteiger partial charge on any atom is 0.341 e. The molecule has 2 atom stereocenters. The molecule has 1 aliphatic rings. The molecule has 0 saturated heterocycles. The third kappa shape index (κ3) is 3.60. The number of halogens is 2. The number of nitrogens with zero attached hydrogens (tertiary/aromatic N) is 4. The Morgan fingerprint density at radius 1 is 1.29 bits per heavy atom. The average molecular weight is 469 g/mol. The number of carbonyl (C=O) groups is 2. The minimum atomic E-state index is -1.12. The van der Waals surface area contributed by atoms with Crippen LogP contribution >= 0.6 is 0 Å². The fourth-order valence-corrected chi connectivity index (χ4v) is 3.87. The van der Waals surface area contributed by atoms with Crippen LogP contribution in [0, 0.1) is 11.7 Å². The standard InChI is InChI=1S/C22H21F2N7O3/c1-9(2)27-20-18(24)17(22(33)34-3)16(11-5-26-30-19(11)20)13-7-31-8-14(28-15(31)6-25-13)29-21(32)10-4-12(10)23/h5-10,12,27H,4H2,1-3H3,(H,26,30)(H,29,32)/t10-,12+/m1/s1. The zero-order chi connectivity index (χ0) is 24.1. The smallest absolute Gasteiger partial charge is 0.341 e. The van der Waals surface area contributed by atoms with Crippen LogP contribution in [0.2, 0.25) is 0 Å². The van der Waals surface area contributed by atoms with Gasteiger partial charge in [-0.1, -0.05) is 0 Å². The van der Waals surface area contributed by atoms with E-state index in [9.17, 15) is 14.0 Å². The Hall–Kier alpha value is -4.09. The number of esters is 1. The number of aromatic amines is 1. The summed E-state index contributed by atoms with van der Waals surface area (Å²) in [7, 11) is 1.17. The second kappa shape index (κ2) is 8.04. The highest BCUT2D eigenvalue weighted by atomic mass is 19.1. The predicted molar refractivity (Wildman–Crippen MR) is 120 cm³/mol. The number of hydrogen-bond donors (Lipinski definition) is 3. The number of carbonyl (C=O) groups excluding carboxylic acids is 2. The number of rotatable bonds is 6. The van der Waals surface area contributed by atoms with Gasteiger partial charge in [0.25, 0.3) is 0 Å². The minimum Gasteiger partial charge on any atom is -0.465 e. The van der Waals surface area contributed by atoms with Gasteiger partial charge in [-0.3, -0.25) is 14.9 Å². The normalized spacial score (nSPS) is 17.4. The van der Waals surface area contributed by atoms with Gasteiger partial charge in [-0.05, 0) is 20.3 Å². The van der Waals surface area contributed by atoms with Gasteiger partial charge in [-0.25, -0.2) is 18.6 Å². The molecule has 3 N–H and O–H groups in total. The van der Waals surface area contributed by atoms with Crippen LogP contribution < -0.4 is 10.6 Å². The number of H-pyrrole nitrogens is 1. The molecule has 176 valence electrons. The molecule has 0 spiro atoms. The lowest BCUT2D eigenvalue weighted by atomic mass is 9.98. The Balaban J connectivity index is 1.64. The highest BCUT2D eigenvalue weighted by Gasteiger charge is 2.43. The quantitative estimate of drug-likeness (QED) is 0.370. The van der Waals surface area contributed by atoms with Crippen molar-refractivity contribution in [2.45, 2.75) is 32.5 Å². The third-order valence-corrected chi connectivity index (χ3v) is 5.57. The van der Waals surface area contributed by atoms with Gasteiger partial charge in [0.2, 0.25) is 5.91 Å². The number of ether oxygens (including phenoxy) is 1. The van der Waals surface area contributed by atoms with E-state index in [0.717, 1.165) is 0 Å². The molecule has 1 saturated carbocycles. The van der Waals surface area contributed by atoms with E-state index >= 15 is 4.39 Å². The second-order valence-electron chi connectivity index (χ2n) is 8.40. The molecule has 0 aliphatic heterocycles. The number of amides is 1. The minimum absolute atomic E-state index is 0.103. The van der Waals surface area contributed by atoms with Crippen molar-refractivity contribution in [2.75, 3.05) is 17.7 Å². The molecule has 1 amide bonds. The van der Waals surface area contributed by atoms with Crippen LogP contribution in [0.4, 0.5) is 20.3 Å². The molecule has 0 radical (unpaired) electrons. The van der Waals surface area contributed by atoms with Gasteiger partial charge in [-0.15, -0.1) is 0 Å². The van der Waals surface area contributed by atoms with Crippen molar-refractivity contribution in [3.63, 3.8) is 0 Å². The lowest BCUT2D eigenvalue weighted by molar-refractivity contribution is -0.117. The summed E-state index contributed by atoms with van der Waals surface area (Å²) >= 11 is 0. The number of anilines is 2. The first kappa shape index (κ1) is 21.7. The Kier molecular flexibility index (Phi) is 5.14. The number of aromatic nitrogens is 5. The van der Waals surface area contributed by atoms with Crippen molar-refractivity contribution < 1.29 is 23.1 Å². The van der Waals surface area contributed by atoms with E-state index in [1.165, 1.54) is 25.7 Å².